The second-order valence-corrected chi connectivity index (χ2v) is 10.3. The van der Waals surface area contributed by atoms with Gasteiger partial charge in [0.05, 0.1) is 30.7 Å². The number of fused-ring (bicyclic) bond motifs is 3. The molecule has 8 heteroatoms. The largest absolute Gasteiger partial charge is 0.497 e. The van der Waals surface area contributed by atoms with E-state index in [1.54, 1.807) is 41.0 Å². The second kappa shape index (κ2) is 9.11. The number of pyridine rings is 1. The van der Waals surface area contributed by atoms with E-state index >= 15 is 0 Å². The lowest BCUT2D eigenvalue weighted by Gasteiger charge is -2.38. The Morgan fingerprint density at radius 3 is 2.76 bits per heavy atom. The van der Waals surface area contributed by atoms with Crippen LogP contribution in [0.3, 0.4) is 0 Å². The third-order valence-electron chi connectivity index (χ3n) is 6.48. The highest BCUT2D eigenvalue weighted by molar-refractivity contribution is 7.89. The Labute approximate surface area is 199 Å². The third-order valence-corrected chi connectivity index (χ3v) is 8.36. The molecular weight excluding hydrogens is 450 g/mol. The van der Waals surface area contributed by atoms with Gasteiger partial charge in [0.15, 0.2) is 0 Å². The Morgan fingerprint density at radius 1 is 1.15 bits per heavy atom. The van der Waals surface area contributed by atoms with Crippen molar-refractivity contribution in [1.29, 1.82) is 0 Å². The highest BCUT2D eigenvalue weighted by atomic mass is 32.2. The van der Waals surface area contributed by atoms with E-state index < -0.39 is 16.1 Å². The molecule has 0 radical (unpaired) electrons. The van der Waals surface area contributed by atoms with Gasteiger partial charge in [-0.25, -0.2) is 8.42 Å². The summed E-state index contributed by atoms with van der Waals surface area (Å²) in [6.45, 7) is 0.300. The maximum atomic E-state index is 13.7. The van der Waals surface area contributed by atoms with Crippen LogP contribution in [0.5, 0.6) is 5.75 Å². The number of hydrogen-bond acceptors (Lipinski definition) is 6. The van der Waals surface area contributed by atoms with Gasteiger partial charge < -0.3 is 15.2 Å². The van der Waals surface area contributed by atoms with Crippen molar-refractivity contribution in [2.75, 3.05) is 25.6 Å². The fraction of sp³-hybridized carbons (Fsp3) is 0.269. The number of hydrogen-bond donors (Lipinski definition) is 2. The van der Waals surface area contributed by atoms with E-state index in [-0.39, 0.29) is 23.5 Å². The normalized spacial score (nSPS) is 21.5. The quantitative estimate of drug-likeness (QED) is 0.564. The molecule has 2 aromatic carbocycles. The Hall–Kier alpha value is -3.38. The van der Waals surface area contributed by atoms with E-state index in [0.29, 0.717) is 18.7 Å². The van der Waals surface area contributed by atoms with E-state index in [0.717, 1.165) is 22.4 Å². The van der Waals surface area contributed by atoms with Crippen molar-refractivity contribution in [2.24, 2.45) is 5.92 Å². The van der Waals surface area contributed by atoms with E-state index in [2.05, 4.69) is 22.1 Å². The predicted octanol–water partition coefficient (Wildman–Crippen LogP) is 3.03. The van der Waals surface area contributed by atoms with Crippen molar-refractivity contribution in [3.8, 4) is 17.6 Å². The molecule has 3 aromatic rings. The molecule has 0 spiro atoms. The van der Waals surface area contributed by atoms with Crippen molar-refractivity contribution in [1.82, 2.24) is 9.29 Å². The zero-order valence-electron chi connectivity index (χ0n) is 18.7. The summed E-state index contributed by atoms with van der Waals surface area (Å²) < 4.78 is 34.2. The minimum atomic E-state index is -3.78. The summed E-state index contributed by atoms with van der Waals surface area (Å²) in [5.74, 6) is 6.71. The van der Waals surface area contributed by atoms with Gasteiger partial charge in [-0.15, -0.1) is 0 Å². The van der Waals surface area contributed by atoms with Gasteiger partial charge in [0, 0.05) is 47.7 Å². The molecule has 34 heavy (non-hydrogen) atoms. The Kier molecular flexibility index (Phi) is 6.00. The Bertz CT molecular complexity index is 1370. The lowest BCUT2D eigenvalue weighted by atomic mass is 9.83. The molecule has 2 aliphatic rings. The molecule has 0 saturated carbocycles. The first-order chi connectivity index (χ1) is 16.5. The number of benzene rings is 2. The predicted molar refractivity (Wildman–Crippen MR) is 129 cm³/mol. The van der Waals surface area contributed by atoms with Crippen molar-refractivity contribution >= 4 is 15.7 Å². The number of aromatic nitrogens is 1. The number of nitrogens with one attached hydrogen (secondary N) is 1. The topological polar surface area (TPSA) is 91.8 Å². The molecule has 0 unspecified atom stereocenters. The van der Waals surface area contributed by atoms with Gasteiger partial charge in [0.25, 0.3) is 0 Å². The molecule has 1 saturated heterocycles. The summed E-state index contributed by atoms with van der Waals surface area (Å²) in [6, 6.07) is 15.4. The van der Waals surface area contributed by atoms with Gasteiger partial charge in [-0.3, -0.25) is 4.98 Å². The van der Waals surface area contributed by atoms with Gasteiger partial charge in [-0.1, -0.05) is 17.9 Å². The van der Waals surface area contributed by atoms with Crippen molar-refractivity contribution in [3.05, 3.63) is 83.7 Å². The number of rotatable bonds is 4. The Balaban J connectivity index is 1.56. The summed E-state index contributed by atoms with van der Waals surface area (Å²) in [7, 11) is -2.27. The molecule has 0 amide bonds. The summed E-state index contributed by atoms with van der Waals surface area (Å²) in [4.78, 5) is 4.28. The average Bonchev–Trinajstić information content (AvgIpc) is 3.34. The maximum Gasteiger partial charge on any atom is 0.243 e. The first-order valence-corrected chi connectivity index (χ1v) is 12.5. The molecule has 3 atom stereocenters. The van der Waals surface area contributed by atoms with E-state index in [4.69, 9.17) is 4.74 Å². The van der Waals surface area contributed by atoms with Gasteiger partial charge in [-0.2, -0.15) is 4.31 Å². The fourth-order valence-electron chi connectivity index (χ4n) is 4.85. The summed E-state index contributed by atoms with van der Waals surface area (Å²) in [5, 5.41) is 13.4. The number of aliphatic hydroxyl groups excluding tert-OH is 1. The van der Waals surface area contributed by atoms with Crippen LogP contribution >= 0.6 is 0 Å². The lowest BCUT2D eigenvalue weighted by Crippen LogP contribution is -2.42. The van der Waals surface area contributed by atoms with Crippen LogP contribution in [0.15, 0.2) is 71.9 Å². The number of anilines is 1. The van der Waals surface area contributed by atoms with Crippen molar-refractivity contribution in [2.45, 2.75) is 23.4 Å². The van der Waals surface area contributed by atoms with Gasteiger partial charge in [0.2, 0.25) is 10.0 Å². The zero-order chi connectivity index (χ0) is 23.7. The first-order valence-electron chi connectivity index (χ1n) is 11.1. The first kappa shape index (κ1) is 22.4. The Morgan fingerprint density at radius 2 is 2.00 bits per heavy atom. The summed E-state index contributed by atoms with van der Waals surface area (Å²) >= 11 is 0. The number of ether oxygens (including phenoxy) is 1. The second-order valence-electron chi connectivity index (χ2n) is 8.42. The molecule has 2 aliphatic heterocycles. The number of sulfonamides is 1. The molecule has 7 nitrogen and oxygen atoms in total. The standard InChI is InChI=1S/C26H25N3O4S/c1-33-20-5-2-6-21(15-20)34(31,32)29-13-11-22-25(17-30)28-24-10-9-18(14-23(24)26(22)29)7-8-19-4-3-12-27-16-19/h2-6,9-10,12,14-16,22,25-26,28,30H,11,13,17H2,1H3/t22-,25+,26-/m1/s1. The minimum absolute atomic E-state index is 0.0561. The summed E-state index contributed by atoms with van der Waals surface area (Å²) in [5.41, 5.74) is 3.28. The van der Waals surface area contributed by atoms with Crippen LogP contribution in [-0.4, -0.2) is 49.1 Å². The van der Waals surface area contributed by atoms with Crippen LogP contribution in [-0.2, 0) is 10.0 Å². The molecule has 1 aromatic heterocycles. The number of aliphatic hydroxyl groups is 1. The molecule has 3 heterocycles. The van der Waals surface area contributed by atoms with Crippen molar-refractivity contribution < 1.29 is 18.3 Å². The molecule has 2 N–H and O–H groups in total. The van der Waals surface area contributed by atoms with Crippen LogP contribution in [0.25, 0.3) is 0 Å². The molecule has 1 fully saturated rings. The minimum Gasteiger partial charge on any atom is -0.497 e. The number of nitrogens with zero attached hydrogens (tertiary/aromatic N) is 2. The zero-order valence-corrected chi connectivity index (χ0v) is 19.5. The molecule has 5 rings (SSSR count). The maximum absolute atomic E-state index is 13.7. The molecular formula is C26H25N3O4S. The summed E-state index contributed by atoms with van der Waals surface area (Å²) in [6.07, 6.45) is 4.05. The van der Waals surface area contributed by atoms with Crippen molar-refractivity contribution in [3.63, 3.8) is 0 Å². The lowest BCUT2D eigenvalue weighted by molar-refractivity contribution is 0.210. The van der Waals surface area contributed by atoms with Gasteiger partial charge in [0.1, 0.15) is 5.75 Å². The van der Waals surface area contributed by atoms with Gasteiger partial charge >= 0.3 is 0 Å². The van der Waals surface area contributed by atoms with E-state index in [9.17, 15) is 13.5 Å². The van der Waals surface area contributed by atoms with Crippen LogP contribution < -0.4 is 10.1 Å². The SMILES string of the molecule is COc1cccc(S(=O)(=O)N2CC[C@@H]3[C@H](CO)Nc4ccc(C#Cc5cccnc5)cc4[C@@H]32)c1. The van der Waals surface area contributed by atoms with Crippen LogP contribution in [0.2, 0.25) is 0 Å². The van der Waals surface area contributed by atoms with E-state index in [1.807, 2.05) is 30.3 Å². The molecule has 0 aliphatic carbocycles. The van der Waals surface area contributed by atoms with Gasteiger partial charge in [-0.05, 0) is 54.4 Å². The monoisotopic (exact) mass is 475 g/mol. The van der Waals surface area contributed by atoms with Crippen LogP contribution in [0, 0.1) is 17.8 Å². The molecule has 0 bridgehead atoms. The van der Waals surface area contributed by atoms with Crippen LogP contribution in [0.1, 0.15) is 29.2 Å². The smallest absolute Gasteiger partial charge is 0.243 e. The van der Waals surface area contributed by atoms with Crippen LogP contribution in [0.4, 0.5) is 5.69 Å². The van der Waals surface area contributed by atoms with E-state index in [1.165, 1.54) is 7.11 Å². The molecule has 174 valence electrons. The third kappa shape index (κ3) is 4.03. The average molecular weight is 476 g/mol. The fourth-order valence-corrected chi connectivity index (χ4v) is 6.55. The highest BCUT2D eigenvalue weighted by Gasteiger charge is 2.48. The highest BCUT2D eigenvalue weighted by Crippen LogP contribution is 2.48. The number of methoxy groups -OCH3 is 1.